The van der Waals surface area contributed by atoms with Gasteiger partial charge in [-0.15, -0.1) is 0 Å². The highest BCUT2D eigenvalue weighted by Gasteiger charge is 2.32. The summed E-state index contributed by atoms with van der Waals surface area (Å²) in [5.41, 5.74) is 0.875. The summed E-state index contributed by atoms with van der Waals surface area (Å²) < 4.78 is 34.9. The highest BCUT2D eigenvalue weighted by molar-refractivity contribution is 7.92. The van der Waals surface area contributed by atoms with E-state index in [2.05, 4.69) is 5.32 Å². The Morgan fingerprint density at radius 3 is 2.00 bits per heavy atom. The zero-order chi connectivity index (χ0) is 32.6. The predicted octanol–water partition coefficient (Wildman–Crippen LogP) is 7.17. The lowest BCUT2D eigenvalue weighted by Gasteiger charge is -2.32. The molecule has 45 heavy (non-hydrogen) atoms. The number of carbonyl (C=O) groups excluding carboxylic acids is 2. The van der Waals surface area contributed by atoms with Crippen molar-refractivity contribution in [1.82, 2.24) is 10.2 Å². The number of amides is 2. The minimum absolute atomic E-state index is 0.00490. The average molecular weight is 669 g/mol. The van der Waals surface area contributed by atoms with E-state index in [1.807, 2.05) is 32.0 Å². The lowest BCUT2D eigenvalue weighted by atomic mass is 10.1. The molecular weight excluding hydrogens is 633 g/mol. The highest BCUT2D eigenvalue weighted by Crippen LogP contribution is 2.29. The molecule has 1 atom stereocenters. The van der Waals surface area contributed by atoms with E-state index < -0.39 is 28.5 Å². The van der Waals surface area contributed by atoms with Gasteiger partial charge in [-0.2, -0.15) is 0 Å². The molecule has 0 aromatic heterocycles. The second-order valence-electron chi connectivity index (χ2n) is 10.8. The lowest BCUT2D eigenvalue weighted by molar-refractivity contribution is -0.139. The van der Waals surface area contributed by atoms with Crippen molar-refractivity contribution >= 4 is 50.7 Å². The predicted molar refractivity (Wildman–Crippen MR) is 178 cm³/mol. The number of ether oxygens (including phenoxy) is 1. The summed E-state index contributed by atoms with van der Waals surface area (Å²) in [6.07, 6.45) is 0. The summed E-state index contributed by atoms with van der Waals surface area (Å²) in [6, 6.07) is 27.5. The van der Waals surface area contributed by atoms with E-state index in [0.29, 0.717) is 33.7 Å². The molecule has 4 aromatic carbocycles. The maximum atomic E-state index is 14.1. The Morgan fingerprint density at radius 2 is 1.40 bits per heavy atom. The Balaban J connectivity index is 1.69. The first-order chi connectivity index (χ1) is 21.5. The fraction of sp³-hybridized carbons (Fsp3) is 0.235. The van der Waals surface area contributed by atoms with Gasteiger partial charge in [-0.25, -0.2) is 8.42 Å². The van der Waals surface area contributed by atoms with Gasteiger partial charge in [0, 0.05) is 13.1 Å². The SMILES string of the molecule is CC(C)CNC(=O)C(C)N(Cc1ccc(Cl)c(Cl)c1)C(=O)CN(c1ccc(Oc2ccccc2)cc1)S(=O)(=O)c1ccccc1. The molecule has 0 radical (unpaired) electrons. The van der Waals surface area contributed by atoms with E-state index in [9.17, 15) is 18.0 Å². The average Bonchev–Trinajstić information content (AvgIpc) is 3.03. The smallest absolute Gasteiger partial charge is 0.264 e. The molecule has 4 rings (SSSR count). The third-order valence-electron chi connectivity index (χ3n) is 6.90. The molecule has 0 saturated carbocycles. The van der Waals surface area contributed by atoms with E-state index in [0.717, 1.165) is 4.31 Å². The minimum Gasteiger partial charge on any atom is -0.457 e. The van der Waals surface area contributed by atoms with Crippen molar-refractivity contribution in [3.63, 3.8) is 0 Å². The second kappa shape index (κ2) is 15.3. The van der Waals surface area contributed by atoms with Crippen molar-refractivity contribution in [2.24, 2.45) is 5.92 Å². The Bertz CT molecular complexity index is 1700. The van der Waals surface area contributed by atoms with Gasteiger partial charge >= 0.3 is 0 Å². The Labute approximate surface area is 274 Å². The topological polar surface area (TPSA) is 96.0 Å². The molecule has 2 amide bonds. The van der Waals surface area contributed by atoms with E-state index >= 15 is 0 Å². The van der Waals surface area contributed by atoms with Crippen LogP contribution in [0.4, 0.5) is 5.69 Å². The van der Waals surface area contributed by atoms with Crippen LogP contribution >= 0.6 is 23.2 Å². The zero-order valence-corrected chi connectivity index (χ0v) is 27.5. The summed E-state index contributed by atoms with van der Waals surface area (Å²) in [4.78, 5) is 28.6. The van der Waals surface area contributed by atoms with Crippen LogP contribution in [0.3, 0.4) is 0 Å². The van der Waals surface area contributed by atoms with Crippen LogP contribution in [-0.2, 0) is 26.2 Å². The maximum absolute atomic E-state index is 14.1. The number of para-hydroxylation sites is 1. The molecule has 4 aromatic rings. The molecule has 0 aliphatic rings. The first-order valence-electron chi connectivity index (χ1n) is 14.4. The zero-order valence-electron chi connectivity index (χ0n) is 25.2. The number of nitrogens with zero attached hydrogens (tertiary/aromatic N) is 2. The number of hydrogen-bond donors (Lipinski definition) is 1. The van der Waals surface area contributed by atoms with Crippen molar-refractivity contribution < 1.29 is 22.7 Å². The van der Waals surface area contributed by atoms with Gasteiger partial charge in [0.2, 0.25) is 11.8 Å². The van der Waals surface area contributed by atoms with Crippen LogP contribution in [0.5, 0.6) is 11.5 Å². The first-order valence-corrected chi connectivity index (χ1v) is 16.6. The summed E-state index contributed by atoms with van der Waals surface area (Å²) >= 11 is 12.4. The van der Waals surface area contributed by atoms with E-state index in [-0.39, 0.29) is 29.0 Å². The number of sulfonamides is 1. The fourth-order valence-electron chi connectivity index (χ4n) is 4.42. The Kier molecular flexibility index (Phi) is 11.5. The minimum atomic E-state index is -4.20. The molecule has 0 bridgehead atoms. The van der Waals surface area contributed by atoms with Gasteiger partial charge in [0.25, 0.3) is 10.0 Å². The third-order valence-corrected chi connectivity index (χ3v) is 9.43. The van der Waals surface area contributed by atoms with Gasteiger partial charge in [-0.1, -0.05) is 79.5 Å². The van der Waals surface area contributed by atoms with Crippen LogP contribution in [0.2, 0.25) is 10.0 Å². The molecule has 0 spiro atoms. The van der Waals surface area contributed by atoms with Crippen LogP contribution in [0.25, 0.3) is 0 Å². The van der Waals surface area contributed by atoms with Crippen LogP contribution < -0.4 is 14.4 Å². The molecule has 1 unspecified atom stereocenters. The number of benzene rings is 4. The van der Waals surface area contributed by atoms with Gasteiger partial charge in [0.15, 0.2) is 0 Å². The summed E-state index contributed by atoms with van der Waals surface area (Å²) in [5.74, 6) is 0.358. The van der Waals surface area contributed by atoms with Crippen LogP contribution in [0.1, 0.15) is 26.3 Å². The monoisotopic (exact) mass is 667 g/mol. The van der Waals surface area contributed by atoms with Crippen molar-refractivity contribution in [3.8, 4) is 11.5 Å². The largest absolute Gasteiger partial charge is 0.457 e. The van der Waals surface area contributed by atoms with Crippen LogP contribution in [0.15, 0.2) is 108 Å². The molecule has 11 heteroatoms. The van der Waals surface area contributed by atoms with Gasteiger partial charge in [0.05, 0.1) is 20.6 Å². The number of halogens is 2. The number of hydrogen-bond acceptors (Lipinski definition) is 5. The lowest BCUT2D eigenvalue weighted by Crippen LogP contribution is -2.51. The maximum Gasteiger partial charge on any atom is 0.264 e. The number of carbonyl (C=O) groups is 2. The van der Waals surface area contributed by atoms with Crippen LogP contribution in [-0.4, -0.2) is 44.3 Å². The van der Waals surface area contributed by atoms with E-state index in [4.69, 9.17) is 27.9 Å². The molecule has 0 heterocycles. The van der Waals surface area contributed by atoms with Crippen molar-refractivity contribution in [1.29, 1.82) is 0 Å². The van der Waals surface area contributed by atoms with Crippen molar-refractivity contribution in [2.45, 2.75) is 38.3 Å². The number of anilines is 1. The summed E-state index contributed by atoms with van der Waals surface area (Å²) in [7, 11) is -4.20. The van der Waals surface area contributed by atoms with E-state index in [1.54, 1.807) is 79.7 Å². The quantitative estimate of drug-likeness (QED) is 0.163. The molecule has 236 valence electrons. The normalized spacial score (nSPS) is 12.0. The summed E-state index contributed by atoms with van der Waals surface area (Å²) in [6.45, 7) is 5.38. The van der Waals surface area contributed by atoms with Gasteiger partial charge in [0.1, 0.15) is 24.1 Å². The fourth-order valence-corrected chi connectivity index (χ4v) is 6.18. The molecule has 0 fully saturated rings. The Morgan fingerprint density at radius 1 is 0.800 bits per heavy atom. The van der Waals surface area contributed by atoms with Crippen molar-refractivity contribution in [2.75, 3.05) is 17.4 Å². The molecule has 1 N–H and O–H groups in total. The Hall–Kier alpha value is -4.05. The third kappa shape index (κ3) is 9.00. The van der Waals surface area contributed by atoms with Gasteiger partial charge in [-0.05, 0) is 79.1 Å². The van der Waals surface area contributed by atoms with Gasteiger partial charge in [-0.3, -0.25) is 13.9 Å². The van der Waals surface area contributed by atoms with Crippen molar-refractivity contribution in [3.05, 3.63) is 119 Å². The van der Waals surface area contributed by atoms with Crippen LogP contribution in [0, 0.1) is 5.92 Å². The molecule has 0 aliphatic heterocycles. The van der Waals surface area contributed by atoms with E-state index in [1.165, 1.54) is 17.0 Å². The number of nitrogens with one attached hydrogen (secondary N) is 1. The first kappa shape index (κ1) is 33.8. The summed E-state index contributed by atoms with van der Waals surface area (Å²) in [5, 5.41) is 3.51. The molecular formula is C34H35Cl2N3O5S. The molecule has 0 aliphatic carbocycles. The highest BCUT2D eigenvalue weighted by atomic mass is 35.5. The molecule has 0 saturated heterocycles. The molecule has 8 nitrogen and oxygen atoms in total. The number of rotatable bonds is 13. The standard InChI is InChI=1S/C34H35Cl2N3O5S/c1-24(2)21-37-34(41)25(3)38(22-26-14-19-31(35)32(36)20-26)33(40)23-39(45(42,43)30-12-8-5-9-13-30)27-15-17-29(18-16-27)44-28-10-6-4-7-11-28/h4-20,24-25H,21-23H2,1-3H3,(H,37,41). The van der Waals surface area contributed by atoms with Gasteiger partial charge < -0.3 is 15.0 Å². The second-order valence-corrected chi connectivity index (χ2v) is 13.5.